The molecule has 2 N–H and O–H groups in total. The third kappa shape index (κ3) is 4.09. The molecule has 1 unspecified atom stereocenters. The lowest BCUT2D eigenvalue weighted by molar-refractivity contribution is 0.182. The molecule has 0 saturated carbocycles. The molecular weight excluding hydrogens is 272 g/mol. The summed E-state index contributed by atoms with van der Waals surface area (Å²) in [5, 5.41) is 10.2. The largest absolute Gasteiger partial charge is 0.383 e. The van der Waals surface area contributed by atoms with E-state index in [2.05, 4.69) is 42.6 Å². The number of ether oxygens (including phenoxy) is 1. The van der Waals surface area contributed by atoms with Crippen LogP contribution in [0.1, 0.15) is 19.8 Å². The molecular formula is C12H20N8O. The maximum atomic E-state index is 5.21. The fourth-order valence-electron chi connectivity index (χ4n) is 1.88. The minimum Gasteiger partial charge on any atom is -0.383 e. The van der Waals surface area contributed by atoms with E-state index in [0.717, 1.165) is 12.8 Å². The molecule has 0 aromatic carbocycles. The molecule has 0 radical (unpaired) electrons. The number of hydrogen-bond donors (Lipinski definition) is 2. The molecule has 9 heteroatoms. The van der Waals surface area contributed by atoms with Gasteiger partial charge in [0.05, 0.1) is 12.6 Å². The van der Waals surface area contributed by atoms with Crippen molar-refractivity contribution in [1.29, 1.82) is 0 Å². The van der Waals surface area contributed by atoms with Crippen LogP contribution in [0.2, 0.25) is 0 Å². The van der Waals surface area contributed by atoms with Crippen molar-refractivity contribution in [2.45, 2.75) is 25.8 Å². The highest BCUT2D eigenvalue weighted by Crippen LogP contribution is 2.11. The number of methoxy groups -OCH3 is 1. The van der Waals surface area contributed by atoms with E-state index in [-0.39, 0.29) is 6.04 Å². The van der Waals surface area contributed by atoms with Crippen molar-refractivity contribution >= 4 is 11.9 Å². The van der Waals surface area contributed by atoms with Gasteiger partial charge < -0.3 is 15.4 Å². The Morgan fingerprint density at radius 3 is 2.71 bits per heavy atom. The number of anilines is 2. The predicted octanol–water partition coefficient (Wildman–Crippen LogP) is 0.721. The van der Waals surface area contributed by atoms with Gasteiger partial charge in [0.25, 0.3) is 5.95 Å². The van der Waals surface area contributed by atoms with Crippen LogP contribution in [0.3, 0.4) is 0 Å². The number of rotatable bonds is 8. The van der Waals surface area contributed by atoms with E-state index in [1.807, 2.05) is 0 Å². The Kier molecular flexibility index (Phi) is 5.38. The molecule has 1 atom stereocenters. The highest BCUT2D eigenvalue weighted by molar-refractivity contribution is 5.37. The second kappa shape index (κ2) is 7.48. The Balaban J connectivity index is 2.23. The van der Waals surface area contributed by atoms with E-state index in [1.54, 1.807) is 14.2 Å². The molecule has 0 saturated heterocycles. The van der Waals surface area contributed by atoms with Crippen LogP contribution in [0.15, 0.2) is 12.7 Å². The SMILES string of the molecule is CCCC(COC)Nc1nc(NC)nc(-n2cncn2)n1. The first-order chi connectivity index (χ1) is 10.3. The molecule has 2 rings (SSSR count). The first kappa shape index (κ1) is 15.1. The molecule has 2 aromatic heterocycles. The lowest BCUT2D eigenvalue weighted by atomic mass is 10.2. The summed E-state index contributed by atoms with van der Waals surface area (Å²) < 4.78 is 6.70. The van der Waals surface area contributed by atoms with Gasteiger partial charge in [0.1, 0.15) is 12.7 Å². The number of hydrogen-bond acceptors (Lipinski definition) is 8. The highest BCUT2D eigenvalue weighted by atomic mass is 16.5. The Hall–Kier alpha value is -2.29. The van der Waals surface area contributed by atoms with Gasteiger partial charge in [0, 0.05) is 14.2 Å². The molecule has 114 valence electrons. The van der Waals surface area contributed by atoms with E-state index < -0.39 is 0 Å². The zero-order chi connectivity index (χ0) is 15.1. The molecule has 0 amide bonds. The van der Waals surface area contributed by atoms with Gasteiger partial charge in [0.15, 0.2) is 0 Å². The zero-order valence-electron chi connectivity index (χ0n) is 12.4. The van der Waals surface area contributed by atoms with Gasteiger partial charge in [0.2, 0.25) is 11.9 Å². The lowest BCUT2D eigenvalue weighted by Crippen LogP contribution is -2.26. The molecule has 0 bridgehead atoms. The minimum absolute atomic E-state index is 0.149. The van der Waals surface area contributed by atoms with Crippen molar-refractivity contribution in [2.24, 2.45) is 0 Å². The van der Waals surface area contributed by atoms with Crippen LogP contribution < -0.4 is 10.6 Å². The minimum atomic E-state index is 0.149. The summed E-state index contributed by atoms with van der Waals surface area (Å²) >= 11 is 0. The van der Waals surface area contributed by atoms with Crippen molar-refractivity contribution in [3.05, 3.63) is 12.7 Å². The molecule has 9 nitrogen and oxygen atoms in total. The third-order valence-electron chi connectivity index (χ3n) is 2.81. The Morgan fingerprint density at radius 1 is 1.29 bits per heavy atom. The molecule has 2 heterocycles. The standard InChI is InChI=1S/C12H20N8O/c1-4-5-9(6-21-3)16-11-17-10(13-2)18-12(19-11)20-8-14-7-15-20/h7-9H,4-6H2,1-3H3,(H2,13,16,17,18,19). The van der Waals surface area contributed by atoms with Gasteiger partial charge >= 0.3 is 0 Å². The average molecular weight is 292 g/mol. The smallest absolute Gasteiger partial charge is 0.258 e. The summed E-state index contributed by atoms with van der Waals surface area (Å²) in [4.78, 5) is 16.8. The normalized spacial score (nSPS) is 12.1. The quantitative estimate of drug-likeness (QED) is 0.733. The van der Waals surface area contributed by atoms with Gasteiger partial charge in [-0.25, -0.2) is 4.98 Å². The van der Waals surface area contributed by atoms with E-state index in [9.17, 15) is 0 Å². The lowest BCUT2D eigenvalue weighted by Gasteiger charge is -2.17. The second-order valence-electron chi connectivity index (χ2n) is 4.46. The molecule has 21 heavy (non-hydrogen) atoms. The van der Waals surface area contributed by atoms with Gasteiger partial charge in [-0.1, -0.05) is 13.3 Å². The maximum absolute atomic E-state index is 5.21. The van der Waals surface area contributed by atoms with Crippen LogP contribution in [0.5, 0.6) is 0 Å². The molecule has 0 aliphatic carbocycles. The Bertz CT molecular complexity index is 538. The van der Waals surface area contributed by atoms with E-state index in [1.165, 1.54) is 17.3 Å². The second-order valence-corrected chi connectivity index (χ2v) is 4.46. The van der Waals surface area contributed by atoms with Crippen molar-refractivity contribution in [1.82, 2.24) is 29.7 Å². The van der Waals surface area contributed by atoms with E-state index >= 15 is 0 Å². The van der Waals surface area contributed by atoms with E-state index in [4.69, 9.17) is 4.74 Å². The first-order valence-corrected chi connectivity index (χ1v) is 6.81. The van der Waals surface area contributed by atoms with Crippen LogP contribution in [0.4, 0.5) is 11.9 Å². The molecule has 0 spiro atoms. The van der Waals surface area contributed by atoms with Gasteiger partial charge in [-0.2, -0.15) is 24.7 Å². The van der Waals surface area contributed by atoms with Crippen LogP contribution >= 0.6 is 0 Å². The number of aromatic nitrogens is 6. The number of nitrogens with zero attached hydrogens (tertiary/aromatic N) is 6. The van der Waals surface area contributed by atoms with Crippen molar-refractivity contribution in [3.63, 3.8) is 0 Å². The van der Waals surface area contributed by atoms with Gasteiger partial charge in [-0.05, 0) is 6.42 Å². The summed E-state index contributed by atoms with van der Waals surface area (Å²) in [5.74, 6) is 1.35. The van der Waals surface area contributed by atoms with Crippen molar-refractivity contribution in [3.8, 4) is 5.95 Å². The van der Waals surface area contributed by atoms with Crippen LogP contribution in [-0.4, -0.2) is 56.5 Å². The predicted molar refractivity (Wildman–Crippen MR) is 78.5 cm³/mol. The molecule has 0 aliphatic heterocycles. The summed E-state index contributed by atoms with van der Waals surface area (Å²) in [7, 11) is 3.43. The van der Waals surface area contributed by atoms with Gasteiger partial charge in [-0.3, -0.25) is 0 Å². The third-order valence-corrected chi connectivity index (χ3v) is 2.81. The van der Waals surface area contributed by atoms with Crippen LogP contribution in [-0.2, 0) is 4.74 Å². The zero-order valence-corrected chi connectivity index (χ0v) is 12.4. The highest BCUT2D eigenvalue weighted by Gasteiger charge is 2.12. The van der Waals surface area contributed by atoms with Crippen LogP contribution in [0.25, 0.3) is 5.95 Å². The number of nitrogens with one attached hydrogen (secondary N) is 2. The summed E-state index contributed by atoms with van der Waals surface area (Å²) in [6, 6.07) is 0.149. The topological polar surface area (TPSA) is 103 Å². The molecule has 2 aromatic rings. The first-order valence-electron chi connectivity index (χ1n) is 6.81. The van der Waals surface area contributed by atoms with Crippen LogP contribution in [0, 0.1) is 0 Å². The fourth-order valence-corrected chi connectivity index (χ4v) is 1.88. The average Bonchev–Trinajstić information content (AvgIpc) is 3.01. The van der Waals surface area contributed by atoms with Gasteiger partial charge in [-0.15, -0.1) is 0 Å². The Labute approximate surface area is 123 Å². The summed E-state index contributed by atoms with van der Waals surface area (Å²) in [6.45, 7) is 2.71. The van der Waals surface area contributed by atoms with Crippen molar-refractivity contribution < 1.29 is 4.74 Å². The summed E-state index contributed by atoms with van der Waals surface area (Å²) in [5.41, 5.74) is 0. The Morgan fingerprint density at radius 2 is 2.10 bits per heavy atom. The summed E-state index contributed by atoms with van der Waals surface area (Å²) in [6.07, 6.45) is 4.98. The monoisotopic (exact) mass is 292 g/mol. The maximum Gasteiger partial charge on any atom is 0.258 e. The molecule has 0 aliphatic rings. The fraction of sp³-hybridized carbons (Fsp3) is 0.583. The van der Waals surface area contributed by atoms with E-state index in [0.29, 0.717) is 24.5 Å². The molecule has 0 fully saturated rings. The van der Waals surface area contributed by atoms with Crippen molar-refractivity contribution in [2.75, 3.05) is 31.4 Å².